The fraction of sp³-hybridized carbons (Fsp3) is 0.446. The maximum atomic E-state index is 13.7. The van der Waals surface area contributed by atoms with E-state index in [-0.39, 0.29) is 86.6 Å². The summed E-state index contributed by atoms with van der Waals surface area (Å²) in [5.74, 6) is -6.92. The Morgan fingerprint density at radius 1 is 0.556 bits per heavy atom. The van der Waals surface area contributed by atoms with Gasteiger partial charge in [0.2, 0.25) is 0 Å². The number of hydrogen-bond acceptors (Lipinski definition) is 24. The van der Waals surface area contributed by atoms with Crippen molar-refractivity contribution in [3.05, 3.63) is 119 Å². The van der Waals surface area contributed by atoms with Crippen LogP contribution in [0.3, 0.4) is 0 Å². The number of nitriles is 1. The Morgan fingerprint density at radius 2 is 0.944 bits per heavy atom. The summed E-state index contributed by atoms with van der Waals surface area (Å²) in [6.45, 7) is 19.0. The molecule has 0 spiro atoms. The molecular weight excluding hydrogens is 1190 g/mol. The van der Waals surface area contributed by atoms with E-state index >= 15 is 0 Å². The number of anilines is 1. The maximum absolute atomic E-state index is 13.7. The summed E-state index contributed by atoms with van der Waals surface area (Å²) in [5, 5.41) is 12.9. The molecule has 1 heterocycles. The highest BCUT2D eigenvalue weighted by Gasteiger charge is 2.37. The minimum absolute atomic E-state index is 0.0109. The van der Waals surface area contributed by atoms with Gasteiger partial charge in [0.15, 0.2) is 5.75 Å². The van der Waals surface area contributed by atoms with Gasteiger partial charge >= 0.3 is 59.7 Å². The van der Waals surface area contributed by atoms with Crippen molar-refractivity contribution < 1.29 is 100 Å². The van der Waals surface area contributed by atoms with Crippen molar-refractivity contribution >= 4 is 77.1 Å². The number of allylic oxidation sites excluding steroid dienone is 1. The number of thioether (sulfide) groups is 1. The Kier molecular flexibility index (Phi) is 27.6. The Hall–Kier alpha value is -9.33. The summed E-state index contributed by atoms with van der Waals surface area (Å²) in [6, 6.07) is 18.2. The predicted molar refractivity (Wildman–Crippen MR) is 318 cm³/mol. The second kappa shape index (κ2) is 35.6. The number of ether oxygens (including phenoxy) is 11. The molecule has 478 valence electrons. The Bertz CT molecular complexity index is 3210. The third-order valence-corrected chi connectivity index (χ3v) is 15.5. The normalized spacial score (nSPS) is 18.0. The summed E-state index contributed by atoms with van der Waals surface area (Å²) in [4.78, 5) is 128. The molecule has 3 aromatic carbocycles. The number of nitrogens with zero attached hydrogens (tertiary/aromatic N) is 2. The topological polar surface area (TPSA) is 312 Å². The van der Waals surface area contributed by atoms with Crippen LogP contribution in [0.15, 0.2) is 102 Å². The molecule has 25 heteroatoms. The fourth-order valence-electron chi connectivity index (χ4n) is 9.46. The van der Waals surface area contributed by atoms with Gasteiger partial charge < -0.3 is 57.4 Å². The van der Waals surface area contributed by atoms with E-state index in [1.807, 2.05) is 6.07 Å². The van der Waals surface area contributed by atoms with Crippen LogP contribution in [0.25, 0.3) is 4.85 Å². The Balaban J connectivity index is 0.885. The number of carbonyl (C=O) groups is 10. The lowest BCUT2D eigenvalue weighted by Crippen LogP contribution is -2.30. The number of hydrogen-bond donors (Lipinski definition) is 1. The smallest absolute Gasteiger partial charge is 0.330 e. The van der Waals surface area contributed by atoms with Gasteiger partial charge in [-0.05, 0) is 120 Å². The van der Waals surface area contributed by atoms with E-state index in [2.05, 4.69) is 23.3 Å². The van der Waals surface area contributed by atoms with Crippen molar-refractivity contribution in [1.82, 2.24) is 0 Å². The van der Waals surface area contributed by atoms with Crippen molar-refractivity contribution in [2.24, 2.45) is 23.7 Å². The standard InChI is InChI=1S/C65H71N3O21S/c1-7-53(69)81-36-39(3)84-40(4)37-82-57(73)29-27-55(71)79-33-31-42-9-21-48(22-10-42)86-62(75)44-13-17-46(18-14-44)64(77)88-51-25-26-52(60-59(51)68-61(90-60)50(35-66)67-6)89-65(78)47-19-15-45(16-20-47)63(76)87-49-23-11-43(12-24-49)32-34-80-56(72)28-30-58(74)83-38-41(5)85-54(70)8-2/h7-12,21-26,39-41,44-47,68H,1-2,13-20,27-34,36-38H2,3-5H3/b61-50-. The van der Waals surface area contributed by atoms with E-state index in [0.29, 0.717) is 80.6 Å². The molecule has 1 N–H and O–H groups in total. The maximum Gasteiger partial charge on any atom is 0.330 e. The van der Waals surface area contributed by atoms with E-state index in [1.54, 1.807) is 69.3 Å². The van der Waals surface area contributed by atoms with E-state index in [0.717, 1.165) is 35.0 Å². The van der Waals surface area contributed by atoms with Gasteiger partial charge in [0.05, 0.1) is 103 Å². The second-order valence-corrected chi connectivity index (χ2v) is 22.3. The molecule has 0 amide bonds. The molecule has 0 saturated heterocycles. The summed E-state index contributed by atoms with van der Waals surface area (Å²) in [6.07, 6.45) is 3.12. The highest BCUT2D eigenvalue weighted by molar-refractivity contribution is 8.03. The van der Waals surface area contributed by atoms with E-state index in [4.69, 9.17) is 58.7 Å². The molecule has 2 aliphatic carbocycles. The molecule has 0 aromatic heterocycles. The summed E-state index contributed by atoms with van der Waals surface area (Å²) < 4.78 is 59.3. The molecule has 3 aliphatic rings. The van der Waals surface area contributed by atoms with Crippen LogP contribution in [0.4, 0.5) is 5.69 Å². The van der Waals surface area contributed by atoms with Crippen LogP contribution in [-0.4, -0.2) is 111 Å². The van der Waals surface area contributed by atoms with Crippen LogP contribution >= 0.6 is 11.8 Å². The third-order valence-electron chi connectivity index (χ3n) is 14.4. The van der Waals surface area contributed by atoms with Gasteiger partial charge in [-0.2, -0.15) is 0 Å². The molecule has 2 fully saturated rings. The second-order valence-electron chi connectivity index (χ2n) is 21.3. The van der Waals surface area contributed by atoms with Gasteiger partial charge in [-0.3, -0.25) is 38.4 Å². The number of rotatable bonds is 31. The highest BCUT2D eigenvalue weighted by Crippen LogP contribution is 2.52. The zero-order valence-corrected chi connectivity index (χ0v) is 51.0. The van der Waals surface area contributed by atoms with Gasteiger partial charge in [-0.25, -0.2) is 19.7 Å². The average Bonchev–Trinajstić information content (AvgIpc) is 1.68. The van der Waals surface area contributed by atoms with Crippen LogP contribution < -0.4 is 24.3 Å². The van der Waals surface area contributed by atoms with Crippen LogP contribution in [0.2, 0.25) is 0 Å². The van der Waals surface area contributed by atoms with Crippen molar-refractivity contribution in [3.63, 3.8) is 0 Å². The minimum atomic E-state index is -0.676. The van der Waals surface area contributed by atoms with Gasteiger partial charge in [0.1, 0.15) is 43.2 Å². The first-order valence-corrected chi connectivity index (χ1v) is 30.1. The largest absolute Gasteiger partial charge is 0.465 e. The molecule has 0 radical (unpaired) electrons. The highest BCUT2D eigenvalue weighted by atomic mass is 32.2. The van der Waals surface area contributed by atoms with E-state index in [1.165, 1.54) is 12.1 Å². The van der Waals surface area contributed by atoms with Gasteiger partial charge in [-0.1, -0.05) is 49.2 Å². The molecule has 3 aromatic rings. The number of nitrogens with one attached hydrogen (secondary N) is 1. The number of benzene rings is 3. The zero-order chi connectivity index (χ0) is 65.1. The van der Waals surface area contributed by atoms with Crippen LogP contribution in [0.1, 0.15) is 109 Å². The summed E-state index contributed by atoms with van der Waals surface area (Å²) in [7, 11) is 0. The SMILES string of the molecule is [C-]#[N+]/C(C#N)=C1/Nc2c(OC(=O)C3CCC(C(=O)Oc4ccc(CCOC(=O)CCC(=O)OCC(C)OC(C)COC(=O)C=C)cc4)CC3)ccc(OC(=O)C3CCC(C(=O)Oc4ccc(CCOC(=O)CCC(=O)OCC(C)OC(=O)C=C)cc4)CC3)c2S1. The molecule has 1 aliphatic heterocycles. The molecule has 0 bridgehead atoms. The lowest BCUT2D eigenvalue weighted by atomic mass is 9.82. The lowest BCUT2D eigenvalue weighted by Gasteiger charge is -2.26. The molecule has 90 heavy (non-hydrogen) atoms. The van der Waals surface area contributed by atoms with E-state index in [9.17, 15) is 53.2 Å². The number of esters is 10. The Morgan fingerprint density at radius 3 is 1.37 bits per heavy atom. The van der Waals surface area contributed by atoms with Crippen molar-refractivity contribution in [1.29, 1.82) is 5.26 Å². The average molecular weight is 1260 g/mol. The molecule has 3 unspecified atom stereocenters. The molecule has 24 nitrogen and oxygen atoms in total. The minimum Gasteiger partial charge on any atom is -0.465 e. The summed E-state index contributed by atoms with van der Waals surface area (Å²) in [5.41, 5.74) is 1.57. The predicted octanol–water partition coefficient (Wildman–Crippen LogP) is 8.91. The third kappa shape index (κ3) is 22.7. The van der Waals surface area contributed by atoms with Crippen molar-refractivity contribution in [3.8, 4) is 29.1 Å². The molecule has 6 rings (SSSR count). The van der Waals surface area contributed by atoms with Crippen LogP contribution in [-0.2, 0) is 93.9 Å². The molecular formula is C65H71N3O21S. The lowest BCUT2D eigenvalue weighted by molar-refractivity contribution is -0.156. The molecule has 3 atom stereocenters. The van der Waals surface area contributed by atoms with Gasteiger partial charge in [0.25, 0.3) is 5.70 Å². The van der Waals surface area contributed by atoms with Crippen molar-refractivity contribution in [2.45, 2.75) is 134 Å². The van der Waals surface area contributed by atoms with Gasteiger partial charge in [-0.15, -0.1) is 0 Å². The monoisotopic (exact) mass is 1260 g/mol. The first-order valence-electron chi connectivity index (χ1n) is 29.3. The fourth-order valence-corrected chi connectivity index (χ4v) is 10.5. The zero-order valence-electron chi connectivity index (χ0n) is 50.2. The van der Waals surface area contributed by atoms with E-state index < -0.39 is 102 Å². The Labute approximate surface area is 524 Å². The number of fused-ring (bicyclic) bond motifs is 1. The molecule has 2 saturated carbocycles. The summed E-state index contributed by atoms with van der Waals surface area (Å²) >= 11 is 0.981. The van der Waals surface area contributed by atoms with Crippen LogP contribution in [0, 0.1) is 41.6 Å². The van der Waals surface area contributed by atoms with Gasteiger partial charge in [0, 0.05) is 25.0 Å². The van der Waals surface area contributed by atoms with Crippen LogP contribution in [0.5, 0.6) is 23.0 Å². The first kappa shape index (κ1) is 69.8. The first-order chi connectivity index (χ1) is 43.2. The van der Waals surface area contributed by atoms with Crippen molar-refractivity contribution in [2.75, 3.05) is 38.4 Å². The quantitative estimate of drug-likeness (QED) is 0.0157. The number of carbonyl (C=O) groups excluding carboxylic acids is 10.